The van der Waals surface area contributed by atoms with Gasteiger partial charge in [-0.25, -0.2) is 0 Å². The third kappa shape index (κ3) is 5.11. The average Bonchev–Trinajstić information content (AvgIpc) is 2.61. The molecule has 0 aliphatic carbocycles. The number of ketones is 1. The Hall–Kier alpha value is -1.84. The van der Waals surface area contributed by atoms with Gasteiger partial charge in [-0.2, -0.15) is 0 Å². The average molecular weight is 370 g/mol. The number of Topliss-reactive ketones (excluding diaryl/α,β-unsaturated/α-hetero) is 1. The van der Waals surface area contributed by atoms with E-state index in [0.717, 1.165) is 33.1 Å². The van der Waals surface area contributed by atoms with Crippen molar-refractivity contribution in [2.45, 2.75) is 26.9 Å². The second-order valence-electron chi connectivity index (χ2n) is 6.62. The van der Waals surface area contributed by atoms with Crippen LogP contribution in [0.2, 0.25) is 0 Å². The molecule has 3 aromatic carbocycles. The summed E-state index contributed by atoms with van der Waals surface area (Å²) in [5, 5.41) is 1.07. The van der Waals surface area contributed by atoms with E-state index < -0.39 is 6.10 Å². The number of benzene rings is 3. The standard InChI is InChI=1S/C23H23O2P.Li.H/c1-15-13-16(2)21(17(3)14-15)22(24)23(18-7-5-4-6-8-18)25-19-9-11-20(26)12-10-19;;/h4-14,23H,26H2,1-3H3;;/q;+1;-1. The molecule has 0 amide bonds. The molecule has 0 heterocycles. The van der Waals surface area contributed by atoms with E-state index in [9.17, 15) is 4.79 Å². The van der Waals surface area contributed by atoms with Crippen LogP contribution in [0.1, 0.15) is 40.1 Å². The normalized spacial score (nSPS) is 11.4. The van der Waals surface area contributed by atoms with Crippen LogP contribution in [-0.4, -0.2) is 5.78 Å². The minimum Gasteiger partial charge on any atom is -1.00 e. The zero-order chi connectivity index (χ0) is 18.7. The van der Waals surface area contributed by atoms with Crippen LogP contribution >= 0.6 is 9.24 Å². The number of hydrogen-bond donors (Lipinski definition) is 0. The maximum atomic E-state index is 13.4. The zero-order valence-electron chi connectivity index (χ0n) is 17.3. The quantitative estimate of drug-likeness (QED) is 0.391. The third-order valence-electron chi connectivity index (χ3n) is 4.40. The molecule has 0 N–H and O–H groups in total. The summed E-state index contributed by atoms with van der Waals surface area (Å²) in [6.45, 7) is 6.01. The van der Waals surface area contributed by atoms with Gasteiger partial charge in [0.15, 0.2) is 6.10 Å². The first-order chi connectivity index (χ1) is 12.5. The molecular formula is C23H24LiO2P. The fraction of sp³-hybridized carbons (Fsp3) is 0.174. The van der Waals surface area contributed by atoms with Crippen LogP contribution in [0.5, 0.6) is 5.75 Å². The van der Waals surface area contributed by atoms with Gasteiger partial charge in [0.05, 0.1) is 0 Å². The second-order valence-corrected chi connectivity index (χ2v) is 7.28. The van der Waals surface area contributed by atoms with E-state index in [1.165, 1.54) is 0 Å². The molecule has 3 aromatic rings. The topological polar surface area (TPSA) is 26.3 Å². The Balaban J connectivity index is 0.00000196. The number of carbonyl (C=O) groups excluding carboxylic acids is 1. The largest absolute Gasteiger partial charge is 1.00 e. The first-order valence-electron chi connectivity index (χ1n) is 8.65. The van der Waals surface area contributed by atoms with Gasteiger partial charge in [-0.15, -0.1) is 9.24 Å². The number of hydrogen-bond acceptors (Lipinski definition) is 2. The van der Waals surface area contributed by atoms with Crippen molar-refractivity contribution in [3.05, 3.63) is 94.5 Å². The molecule has 2 atom stereocenters. The Morgan fingerprint density at radius 3 is 2.04 bits per heavy atom. The Labute approximate surface area is 177 Å². The Morgan fingerprint density at radius 1 is 0.926 bits per heavy atom. The monoisotopic (exact) mass is 370 g/mol. The maximum absolute atomic E-state index is 13.4. The summed E-state index contributed by atoms with van der Waals surface area (Å²) >= 11 is 0. The molecule has 0 radical (unpaired) electrons. The SMILES string of the molecule is Cc1cc(C)c(C(=O)C(Oc2ccc(P)cc2)c2ccccc2)c(C)c1.[H-].[Li+]. The van der Waals surface area contributed by atoms with E-state index >= 15 is 0 Å². The van der Waals surface area contributed by atoms with Crippen LogP contribution in [0.15, 0.2) is 66.7 Å². The van der Waals surface area contributed by atoms with Crippen molar-refractivity contribution in [1.29, 1.82) is 0 Å². The molecule has 0 fully saturated rings. The van der Waals surface area contributed by atoms with Gasteiger partial charge in [-0.1, -0.05) is 60.2 Å². The number of ether oxygens (including phenoxy) is 1. The van der Waals surface area contributed by atoms with Gasteiger partial charge in [-0.3, -0.25) is 4.79 Å². The maximum Gasteiger partial charge on any atom is 1.00 e. The molecule has 4 heteroatoms. The van der Waals surface area contributed by atoms with Gasteiger partial charge in [0.1, 0.15) is 5.75 Å². The predicted molar refractivity (Wildman–Crippen MR) is 112 cm³/mol. The van der Waals surface area contributed by atoms with Crippen LogP contribution in [-0.2, 0) is 0 Å². The molecule has 3 rings (SSSR count). The van der Waals surface area contributed by atoms with Crippen LogP contribution in [0.3, 0.4) is 0 Å². The van der Waals surface area contributed by atoms with Crippen molar-refractivity contribution in [2.75, 3.05) is 0 Å². The van der Waals surface area contributed by atoms with E-state index in [2.05, 4.69) is 9.24 Å². The smallest absolute Gasteiger partial charge is 1.00 e. The van der Waals surface area contributed by atoms with E-state index in [1.54, 1.807) is 0 Å². The second kappa shape index (κ2) is 9.38. The zero-order valence-corrected chi connectivity index (χ0v) is 17.5. The Kier molecular flexibility index (Phi) is 7.46. The van der Waals surface area contributed by atoms with E-state index in [0.29, 0.717) is 5.75 Å². The molecule has 134 valence electrons. The fourth-order valence-corrected chi connectivity index (χ4v) is 3.48. The summed E-state index contributed by atoms with van der Waals surface area (Å²) in [7, 11) is 2.65. The van der Waals surface area contributed by atoms with Gasteiger partial charge >= 0.3 is 18.9 Å². The van der Waals surface area contributed by atoms with Crippen molar-refractivity contribution >= 4 is 20.3 Å². The van der Waals surface area contributed by atoms with Crippen LogP contribution in [0.25, 0.3) is 0 Å². The summed E-state index contributed by atoms with van der Waals surface area (Å²) in [6.07, 6.45) is -0.674. The van der Waals surface area contributed by atoms with Crippen molar-refractivity contribution < 1.29 is 29.8 Å². The van der Waals surface area contributed by atoms with E-state index in [1.807, 2.05) is 87.5 Å². The summed E-state index contributed by atoms with van der Waals surface area (Å²) < 4.78 is 6.15. The fourth-order valence-electron chi connectivity index (χ4n) is 3.28. The summed E-state index contributed by atoms with van der Waals surface area (Å²) in [5.41, 5.74) is 4.72. The van der Waals surface area contributed by atoms with Crippen molar-refractivity contribution in [3.8, 4) is 5.75 Å². The summed E-state index contributed by atoms with van der Waals surface area (Å²) in [4.78, 5) is 13.4. The first-order valence-corrected chi connectivity index (χ1v) is 9.22. The molecule has 27 heavy (non-hydrogen) atoms. The molecule has 0 saturated heterocycles. The van der Waals surface area contributed by atoms with Gasteiger partial charge < -0.3 is 6.16 Å². The third-order valence-corrected chi connectivity index (χ3v) is 4.78. The van der Waals surface area contributed by atoms with Gasteiger partial charge in [-0.05, 0) is 49.3 Å². The Morgan fingerprint density at radius 2 is 1.48 bits per heavy atom. The molecule has 0 aromatic heterocycles. The molecular weight excluding hydrogens is 346 g/mol. The molecule has 0 saturated carbocycles. The summed E-state index contributed by atoms with van der Waals surface area (Å²) in [5.74, 6) is 0.668. The van der Waals surface area contributed by atoms with E-state index in [4.69, 9.17) is 4.74 Å². The van der Waals surface area contributed by atoms with Gasteiger partial charge in [0, 0.05) is 11.1 Å². The van der Waals surface area contributed by atoms with E-state index in [-0.39, 0.29) is 26.1 Å². The molecule has 0 aliphatic rings. The molecule has 0 bridgehead atoms. The number of carbonyl (C=O) groups is 1. The molecule has 0 spiro atoms. The number of aryl methyl sites for hydroxylation is 3. The van der Waals surface area contributed by atoms with Crippen LogP contribution < -0.4 is 28.9 Å². The molecule has 2 unspecified atom stereocenters. The first kappa shape index (κ1) is 21.5. The minimum atomic E-state index is -0.674. The van der Waals surface area contributed by atoms with Crippen molar-refractivity contribution in [2.24, 2.45) is 0 Å². The summed E-state index contributed by atoms with van der Waals surface area (Å²) in [6, 6.07) is 21.5. The van der Waals surface area contributed by atoms with Gasteiger partial charge in [0.2, 0.25) is 5.78 Å². The van der Waals surface area contributed by atoms with Gasteiger partial charge in [0.25, 0.3) is 0 Å². The minimum absolute atomic E-state index is 0. The van der Waals surface area contributed by atoms with Crippen molar-refractivity contribution in [1.82, 2.24) is 0 Å². The molecule has 0 aliphatic heterocycles. The predicted octanol–water partition coefficient (Wildman–Crippen LogP) is 2.23. The van der Waals surface area contributed by atoms with Crippen LogP contribution in [0.4, 0.5) is 0 Å². The number of rotatable bonds is 5. The van der Waals surface area contributed by atoms with Crippen molar-refractivity contribution in [3.63, 3.8) is 0 Å². The Bertz CT molecular complexity index is 904. The molecule has 2 nitrogen and oxygen atoms in total. The van der Waals surface area contributed by atoms with Crippen LogP contribution in [0, 0.1) is 20.8 Å².